The van der Waals surface area contributed by atoms with Gasteiger partial charge in [-0.1, -0.05) is 67.1 Å². The van der Waals surface area contributed by atoms with Gasteiger partial charge >= 0.3 is 0 Å². The van der Waals surface area contributed by atoms with Crippen LogP contribution >= 0.6 is 0 Å². The maximum Gasteiger partial charge on any atom is 0.243 e. The zero-order valence-electron chi connectivity index (χ0n) is 24.4. The highest BCUT2D eigenvalue weighted by Gasteiger charge is 2.30. The second-order valence-electron chi connectivity index (χ2n) is 10.1. The van der Waals surface area contributed by atoms with Gasteiger partial charge in [-0.05, 0) is 55.2 Å². The average molecular weight is 580 g/mol. The van der Waals surface area contributed by atoms with E-state index in [2.05, 4.69) is 5.32 Å². The number of carbonyl (C=O) groups excluding carboxylic acids is 2. The lowest BCUT2D eigenvalue weighted by Crippen LogP contribution is -2.50. The van der Waals surface area contributed by atoms with Gasteiger partial charge in [-0.2, -0.15) is 0 Å². The molecule has 0 radical (unpaired) electrons. The molecule has 8 nitrogen and oxygen atoms in total. The predicted molar refractivity (Wildman–Crippen MR) is 163 cm³/mol. The minimum atomic E-state index is -3.59. The van der Waals surface area contributed by atoms with E-state index in [-0.39, 0.29) is 37.7 Å². The maximum atomic E-state index is 13.8. The summed E-state index contributed by atoms with van der Waals surface area (Å²) in [5.41, 5.74) is 3.47. The van der Waals surface area contributed by atoms with Crippen LogP contribution in [0.25, 0.3) is 0 Å². The second kappa shape index (κ2) is 15.2. The highest BCUT2D eigenvalue weighted by molar-refractivity contribution is 7.92. The molecule has 3 aromatic rings. The number of nitrogens with one attached hydrogen (secondary N) is 1. The number of sulfonamides is 1. The van der Waals surface area contributed by atoms with Crippen molar-refractivity contribution in [3.63, 3.8) is 0 Å². The van der Waals surface area contributed by atoms with E-state index in [9.17, 15) is 18.0 Å². The molecule has 0 aliphatic heterocycles. The molecule has 9 heteroatoms. The van der Waals surface area contributed by atoms with Crippen LogP contribution in [0.1, 0.15) is 42.9 Å². The summed E-state index contributed by atoms with van der Waals surface area (Å²) in [6.07, 6.45) is 2.67. The Morgan fingerprint density at radius 1 is 0.927 bits per heavy atom. The monoisotopic (exact) mass is 579 g/mol. The Labute approximate surface area is 244 Å². The number of ether oxygens (including phenoxy) is 1. The minimum Gasteiger partial charge on any atom is -0.497 e. The topological polar surface area (TPSA) is 96.0 Å². The van der Waals surface area contributed by atoms with Gasteiger partial charge in [0.25, 0.3) is 0 Å². The third-order valence-corrected chi connectivity index (χ3v) is 8.00. The normalized spacial score (nSPS) is 11.9. The molecule has 0 aliphatic carbocycles. The fraction of sp³-hybridized carbons (Fsp3) is 0.375. The van der Waals surface area contributed by atoms with Crippen LogP contribution in [0.2, 0.25) is 0 Å². The van der Waals surface area contributed by atoms with Crippen molar-refractivity contribution < 1.29 is 22.7 Å². The summed E-state index contributed by atoms with van der Waals surface area (Å²) in [5, 5.41) is 2.98. The van der Waals surface area contributed by atoms with Gasteiger partial charge in [-0.15, -0.1) is 0 Å². The van der Waals surface area contributed by atoms with Gasteiger partial charge in [0.1, 0.15) is 11.8 Å². The van der Waals surface area contributed by atoms with Crippen LogP contribution in [-0.4, -0.2) is 57.6 Å². The zero-order chi connectivity index (χ0) is 29.8. The molecule has 41 heavy (non-hydrogen) atoms. The van der Waals surface area contributed by atoms with Crippen molar-refractivity contribution in [2.75, 3.05) is 30.8 Å². The second-order valence-corrected chi connectivity index (χ2v) is 12.0. The van der Waals surface area contributed by atoms with E-state index in [1.54, 1.807) is 36.3 Å². The highest BCUT2D eigenvalue weighted by atomic mass is 32.2. The number of amides is 2. The lowest BCUT2D eigenvalue weighted by atomic mass is 10.0. The first-order valence-electron chi connectivity index (χ1n) is 13.9. The van der Waals surface area contributed by atoms with Crippen molar-refractivity contribution in [3.8, 4) is 5.75 Å². The lowest BCUT2D eigenvalue weighted by Gasteiger charge is -2.32. The van der Waals surface area contributed by atoms with E-state index in [1.807, 2.05) is 68.4 Å². The van der Waals surface area contributed by atoms with Gasteiger partial charge in [-0.3, -0.25) is 13.9 Å². The van der Waals surface area contributed by atoms with E-state index in [0.29, 0.717) is 24.4 Å². The largest absolute Gasteiger partial charge is 0.497 e. The number of nitrogens with zero attached hydrogens (tertiary/aromatic N) is 2. The Hall–Kier alpha value is -3.85. The summed E-state index contributed by atoms with van der Waals surface area (Å²) < 4.78 is 31.7. The summed E-state index contributed by atoms with van der Waals surface area (Å²) in [5.74, 6) is 0.212. The van der Waals surface area contributed by atoms with E-state index < -0.39 is 16.1 Å². The van der Waals surface area contributed by atoms with Crippen molar-refractivity contribution in [1.29, 1.82) is 0 Å². The first-order valence-corrected chi connectivity index (χ1v) is 15.8. The van der Waals surface area contributed by atoms with Crippen LogP contribution in [0.5, 0.6) is 5.75 Å². The molecule has 0 bridgehead atoms. The Kier molecular flexibility index (Phi) is 11.8. The van der Waals surface area contributed by atoms with Crippen molar-refractivity contribution in [1.82, 2.24) is 10.2 Å². The number of methoxy groups -OCH3 is 1. The molecule has 2 amide bonds. The maximum absolute atomic E-state index is 13.8. The van der Waals surface area contributed by atoms with Crippen molar-refractivity contribution in [3.05, 3.63) is 95.6 Å². The van der Waals surface area contributed by atoms with Crippen molar-refractivity contribution in [2.24, 2.45) is 0 Å². The van der Waals surface area contributed by atoms with Crippen LogP contribution in [0.15, 0.2) is 78.9 Å². The quantitative estimate of drug-likeness (QED) is 0.281. The molecule has 0 saturated heterocycles. The third kappa shape index (κ3) is 9.63. The van der Waals surface area contributed by atoms with Gasteiger partial charge in [0, 0.05) is 32.5 Å². The first kappa shape index (κ1) is 31.7. The molecule has 220 valence electrons. The van der Waals surface area contributed by atoms with Crippen LogP contribution in [0, 0.1) is 6.92 Å². The van der Waals surface area contributed by atoms with Gasteiger partial charge in [0.15, 0.2) is 0 Å². The number of rotatable bonds is 15. The lowest BCUT2D eigenvalue weighted by molar-refractivity contribution is -0.141. The van der Waals surface area contributed by atoms with Crippen molar-refractivity contribution >= 4 is 27.5 Å². The van der Waals surface area contributed by atoms with E-state index in [4.69, 9.17) is 4.74 Å². The third-order valence-electron chi connectivity index (χ3n) is 6.81. The van der Waals surface area contributed by atoms with Crippen LogP contribution in [0.3, 0.4) is 0 Å². The number of hydrogen-bond donors (Lipinski definition) is 1. The summed E-state index contributed by atoms with van der Waals surface area (Å²) in [6.45, 7) is 4.89. The van der Waals surface area contributed by atoms with Crippen LogP contribution in [-0.2, 0) is 32.6 Å². The molecule has 3 aromatic carbocycles. The Bertz CT molecular complexity index is 1360. The number of anilines is 1. The summed E-state index contributed by atoms with van der Waals surface area (Å²) in [4.78, 5) is 28.9. The zero-order valence-corrected chi connectivity index (χ0v) is 25.2. The molecular formula is C32H41N3O5S. The smallest absolute Gasteiger partial charge is 0.243 e. The first-order chi connectivity index (χ1) is 19.6. The minimum absolute atomic E-state index is 0.0837. The van der Waals surface area contributed by atoms with Gasteiger partial charge in [0.05, 0.1) is 19.1 Å². The molecule has 1 N–H and O–H groups in total. The molecule has 0 aliphatic rings. The Morgan fingerprint density at radius 2 is 1.59 bits per heavy atom. The van der Waals surface area contributed by atoms with Crippen LogP contribution < -0.4 is 14.4 Å². The average Bonchev–Trinajstić information content (AvgIpc) is 2.96. The molecule has 0 aromatic heterocycles. The molecule has 0 fully saturated rings. The number of carbonyl (C=O) groups is 2. The van der Waals surface area contributed by atoms with E-state index in [1.165, 1.54) is 4.31 Å². The van der Waals surface area contributed by atoms with Gasteiger partial charge in [0.2, 0.25) is 21.8 Å². The van der Waals surface area contributed by atoms with E-state index in [0.717, 1.165) is 29.4 Å². The van der Waals surface area contributed by atoms with E-state index >= 15 is 0 Å². The molecule has 0 saturated carbocycles. The molecule has 1 unspecified atom stereocenters. The molecule has 3 rings (SSSR count). The summed E-state index contributed by atoms with van der Waals surface area (Å²) >= 11 is 0. The number of benzene rings is 3. The van der Waals surface area contributed by atoms with Crippen LogP contribution in [0.4, 0.5) is 5.69 Å². The van der Waals surface area contributed by atoms with Gasteiger partial charge < -0.3 is 15.0 Å². The number of hydrogen-bond acceptors (Lipinski definition) is 5. The summed E-state index contributed by atoms with van der Waals surface area (Å²) in [7, 11) is -2.04. The fourth-order valence-electron chi connectivity index (χ4n) is 4.56. The Morgan fingerprint density at radius 3 is 2.17 bits per heavy atom. The standard InChI is InChI=1S/C32H41N3O5S/c1-5-21-33-32(37)30(23-26-10-7-6-8-11-26)34(24-27-15-13-25(2)14-16-27)31(36)12-9-22-35(41(4,38)39)28-17-19-29(40-3)20-18-28/h6-8,10-11,13-20,30H,5,9,12,21-24H2,1-4H3,(H,33,37). The molecule has 1 atom stereocenters. The SMILES string of the molecule is CCCNC(=O)C(Cc1ccccc1)N(Cc1ccc(C)cc1)C(=O)CCCN(c1ccc(OC)cc1)S(C)(=O)=O. The predicted octanol–water partition coefficient (Wildman–Crippen LogP) is 4.72. The molecular weight excluding hydrogens is 538 g/mol. The number of aryl methyl sites for hydroxylation is 1. The molecule has 0 heterocycles. The Balaban J connectivity index is 1.85. The molecule has 0 spiro atoms. The van der Waals surface area contributed by atoms with Crippen molar-refractivity contribution in [2.45, 2.75) is 52.1 Å². The summed E-state index contributed by atoms with van der Waals surface area (Å²) in [6, 6.07) is 23.6. The fourth-order valence-corrected chi connectivity index (χ4v) is 5.53. The highest BCUT2D eigenvalue weighted by Crippen LogP contribution is 2.23. The van der Waals surface area contributed by atoms with Gasteiger partial charge in [-0.25, -0.2) is 8.42 Å².